The van der Waals surface area contributed by atoms with Crippen LogP contribution >= 0.6 is 0 Å². The SMILES string of the molecule is CCCN(CCC)c1nncc(Nc2ccccc2F)n1. The van der Waals surface area contributed by atoms with Gasteiger partial charge < -0.3 is 10.2 Å². The number of halogens is 1. The molecular weight excluding hydrogens is 269 g/mol. The number of benzene rings is 1. The molecule has 5 nitrogen and oxygen atoms in total. The van der Waals surface area contributed by atoms with Crippen LogP contribution in [0.4, 0.5) is 21.8 Å². The van der Waals surface area contributed by atoms with E-state index in [-0.39, 0.29) is 5.82 Å². The molecule has 0 radical (unpaired) electrons. The zero-order valence-electron chi connectivity index (χ0n) is 12.4. The van der Waals surface area contributed by atoms with E-state index in [1.54, 1.807) is 18.2 Å². The van der Waals surface area contributed by atoms with Gasteiger partial charge in [-0.05, 0) is 25.0 Å². The molecule has 0 unspecified atom stereocenters. The highest BCUT2D eigenvalue weighted by Gasteiger charge is 2.10. The quantitative estimate of drug-likeness (QED) is 0.847. The van der Waals surface area contributed by atoms with Gasteiger partial charge in [-0.15, -0.1) is 5.10 Å². The van der Waals surface area contributed by atoms with Crippen molar-refractivity contribution in [3.63, 3.8) is 0 Å². The van der Waals surface area contributed by atoms with Gasteiger partial charge in [0.2, 0.25) is 5.95 Å². The lowest BCUT2D eigenvalue weighted by atomic mass is 10.3. The van der Waals surface area contributed by atoms with Gasteiger partial charge in [0.1, 0.15) is 5.82 Å². The van der Waals surface area contributed by atoms with Crippen LogP contribution in [0.15, 0.2) is 30.5 Å². The first-order valence-electron chi connectivity index (χ1n) is 7.20. The number of nitrogens with zero attached hydrogens (tertiary/aromatic N) is 4. The van der Waals surface area contributed by atoms with E-state index < -0.39 is 0 Å². The Hall–Kier alpha value is -2.24. The minimum Gasteiger partial charge on any atom is -0.339 e. The number of hydrogen-bond donors (Lipinski definition) is 1. The van der Waals surface area contributed by atoms with Crippen molar-refractivity contribution >= 4 is 17.5 Å². The Kier molecular flexibility index (Phi) is 5.43. The summed E-state index contributed by atoms with van der Waals surface area (Å²) < 4.78 is 13.6. The molecule has 0 spiro atoms. The zero-order valence-corrected chi connectivity index (χ0v) is 12.4. The molecule has 0 fully saturated rings. The first-order valence-corrected chi connectivity index (χ1v) is 7.20. The summed E-state index contributed by atoms with van der Waals surface area (Å²) in [5.74, 6) is 0.735. The van der Waals surface area contributed by atoms with Crippen LogP contribution in [0.1, 0.15) is 26.7 Å². The molecule has 21 heavy (non-hydrogen) atoms. The minimum absolute atomic E-state index is 0.323. The summed E-state index contributed by atoms with van der Waals surface area (Å²) >= 11 is 0. The minimum atomic E-state index is -0.323. The summed E-state index contributed by atoms with van der Waals surface area (Å²) in [6.45, 7) is 5.96. The first-order chi connectivity index (χ1) is 10.2. The van der Waals surface area contributed by atoms with Crippen molar-refractivity contribution in [2.45, 2.75) is 26.7 Å². The highest BCUT2D eigenvalue weighted by molar-refractivity contribution is 5.56. The lowest BCUT2D eigenvalue weighted by Gasteiger charge is -2.21. The van der Waals surface area contributed by atoms with Crippen molar-refractivity contribution in [2.75, 3.05) is 23.3 Å². The number of anilines is 3. The molecule has 0 aliphatic rings. The normalized spacial score (nSPS) is 10.4. The van der Waals surface area contributed by atoms with E-state index in [0.29, 0.717) is 17.5 Å². The van der Waals surface area contributed by atoms with Crippen LogP contribution in [0, 0.1) is 5.82 Å². The Labute approximate surface area is 124 Å². The Bertz CT molecular complexity index is 569. The summed E-state index contributed by atoms with van der Waals surface area (Å²) in [5.41, 5.74) is 0.376. The second kappa shape index (κ2) is 7.52. The molecule has 0 aliphatic heterocycles. The van der Waals surface area contributed by atoms with E-state index >= 15 is 0 Å². The van der Waals surface area contributed by atoms with Gasteiger partial charge >= 0.3 is 0 Å². The third-order valence-electron chi connectivity index (χ3n) is 2.95. The van der Waals surface area contributed by atoms with E-state index in [9.17, 15) is 4.39 Å². The van der Waals surface area contributed by atoms with Crippen LogP contribution in [0.2, 0.25) is 0 Å². The zero-order chi connectivity index (χ0) is 15.1. The van der Waals surface area contributed by atoms with Crippen molar-refractivity contribution in [2.24, 2.45) is 0 Å². The number of nitrogens with one attached hydrogen (secondary N) is 1. The molecule has 2 rings (SSSR count). The second-order valence-corrected chi connectivity index (χ2v) is 4.73. The molecule has 0 saturated heterocycles. The van der Waals surface area contributed by atoms with Gasteiger partial charge in [-0.3, -0.25) is 0 Å². The number of hydrogen-bond acceptors (Lipinski definition) is 5. The summed E-state index contributed by atoms with van der Waals surface area (Å²) in [6, 6.07) is 6.47. The van der Waals surface area contributed by atoms with E-state index in [4.69, 9.17) is 0 Å². The molecule has 112 valence electrons. The van der Waals surface area contributed by atoms with Crippen molar-refractivity contribution in [3.05, 3.63) is 36.3 Å². The molecule has 1 heterocycles. The summed E-state index contributed by atoms with van der Waals surface area (Å²) in [7, 11) is 0. The molecular formula is C15H20FN5. The highest BCUT2D eigenvalue weighted by atomic mass is 19.1. The van der Waals surface area contributed by atoms with Gasteiger partial charge in [0, 0.05) is 13.1 Å². The maximum atomic E-state index is 13.6. The maximum Gasteiger partial charge on any atom is 0.247 e. The summed E-state index contributed by atoms with van der Waals surface area (Å²) in [4.78, 5) is 6.50. The molecule has 1 aromatic carbocycles. The van der Waals surface area contributed by atoms with Crippen molar-refractivity contribution in [1.82, 2.24) is 15.2 Å². The van der Waals surface area contributed by atoms with E-state index in [0.717, 1.165) is 25.9 Å². The fraction of sp³-hybridized carbons (Fsp3) is 0.400. The van der Waals surface area contributed by atoms with Crippen LogP contribution in [0.25, 0.3) is 0 Å². The Morgan fingerprint density at radius 2 is 1.86 bits per heavy atom. The fourth-order valence-electron chi connectivity index (χ4n) is 2.04. The predicted molar refractivity (Wildman–Crippen MR) is 82.3 cm³/mol. The third-order valence-corrected chi connectivity index (χ3v) is 2.95. The van der Waals surface area contributed by atoms with Crippen molar-refractivity contribution in [3.8, 4) is 0 Å². The number of aromatic nitrogens is 3. The second-order valence-electron chi connectivity index (χ2n) is 4.73. The van der Waals surface area contributed by atoms with Gasteiger partial charge in [-0.2, -0.15) is 10.1 Å². The maximum absolute atomic E-state index is 13.6. The molecule has 1 aromatic heterocycles. The molecule has 1 N–H and O–H groups in total. The lowest BCUT2D eigenvalue weighted by Crippen LogP contribution is -2.27. The van der Waals surface area contributed by atoms with Crippen molar-refractivity contribution < 1.29 is 4.39 Å². The fourth-order valence-corrected chi connectivity index (χ4v) is 2.04. The summed E-state index contributed by atoms with van der Waals surface area (Å²) in [5, 5.41) is 11.0. The van der Waals surface area contributed by atoms with Crippen LogP contribution < -0.4 is 10.2 Å². The molecule has 0 aliphatic carbocycles. The monoisotopic (exact) mass is 289 g/mol. The van der Waals surface area contributed by atoms with Crippen LogP contribution in [-0.2, 0) is 0 Å². The third kappa shape index (κ3) is 4.11. The van der Waals surface area contributed by atoms with Crippen molar-refractivity contribution in [1.29, 1.82) is 0 Å². The van der Waals surface area contributed by atoms with Crippen LogP contribution in [-0.4, -0.2) is 28.3 Å². The van der Waals surface area contributed by atoms with E-state index in [1.807, 2.05) is 0 Å². The molecule has 0 atom stereocenters. The molecule has 0 saturated carbocycles. The summed E-state index contributed by atoms with van der Waals surface area (Å²) in [6.07, 6.45) is 3.51. The van der Waals surface area contributed by atoms with Gasteiger partial charge in [0.25, 0.3) is 0 Å². The van der Waals surface area contributed by atoms with Gasteiger partial charge in [-0.1, -0.05) is 26.0 Å². The van der Waals surface area contributed by atoms with E-state index in [1.165, 1.54) is 12.3 Å². The number of para-hydroxylation sites is 1. The molecule has 0 amide bonds. The topological polar surface area (TPSA) is 53.9 Å². The lowest BCUT2D eigenvalue weighted by molar-refractivity contribution is 0.631. The standard InChI is InChI=1S/C15H20FN5/c1-3-9-21(10-4-2)15-19-14(11-17-20-15)18-13-8-6-5-7-12(13)16/h5-8,11H,3-4,9-10H2,1-2H3,(H,18,19,20). The van der Waals surface area contributed by atoms with Gasteiger partial charge in [0.15, 0.2) is 5.82 Å². The van der Waals surface area contributed by atoms with Crippen LogP contribution in [0.5, 0.6) is 0 Å². The average Bonchev–Trinajstić information content (AvgIpc) is 2.50. The average molecular weight is 289 g/mol. The molecule has 2 aromatic rings. The predicted octanol–water partition coefficient (Wildman–Crippen LogP) is 3.38. The largest absolute Gasteiger partial charge is 0.339 e. The smallest absolute Gasteiger partial charge is 0.247 e. The Morgan fingerprint density at radius 1 is 1.14 bits per heavy atom. The molecule has 0 bridgehead atoms. The van der Waals surface area contributed by atoms with Gasteiger partial charge in [-0.25, -0.2) is 4.39 Å². The van der Waals surface area contributed by atoms with Gasteiger partial charge in [0.05, 0.1) is 11.9 Å². The first kappa shape index (κ1) is 15.2. The Balaban J connectivity index is 2.18. The highest BCUT2D eigenvalue weighted by Crippen LogP contribution is 2.18. The van der Waals surface area contributed by atoms with Crippen LogP contribution in [0.3, 0.4) is 0 Å². The number of rotatable bonds is 7. The van der Waals surface area contributed by atoms with E-state index in [2.05, 4.69) is 39.2 Å². The molecule has 6 heteroatoms. The Morgan fingerprint density at radius 3 is 2.52 bits per heavy atom.